The average molecular weight is 262 g/mol. The van der Waals surface area contributed by atoms with Crippen molar-refractivity contribution in [2.45, 2.75) is 13.8 Å². The zero-order chi connectivity index (χ0) is 14.0. The summed E-state index contributed by atoms with van der Waals surface area (Å²) >= 11 is 0. The summed E-state index contributed by atoms with van der Waals surface area (Å²) in [5.74, 6) is 0.840. The van der Waals surface area contributed by atoms with Crippen molar-refractivity contribution in [1.29, 1.82) is 0 Å². The molecule has 1 saturated heterocycles. The molecule has 0 saturated carbocycles. The maximum Gasteiger partial charge on any atom is 0.476 e. The van der Waals surface area contributed by atoms with Crippen LogP contribution in [0, 0.1) is 0 Å². The number of nitrogens with zero attached hydrogens (tertiary/aromatic N) is 4. The van der Waals surface area contributed by atoms with Crippen LogP contribution in [0.5, 0.6) is 0 Å². The lowest BCUT2D eigenvalue weighted by Crippen LogP contribution is -2.39. The second-order valence-electron chi connectivity index (χ2n) is 4.11. The molecule has 0 aromatic rings. The highest BCUT2D eigenvalue weighted by Crippen LogP contribution is 2.14. The normalized spacial score (nSPS) is 20.0. The molecule has 100 valence electrons. The van der Waals surface area contributed by atoms with Crippen LogP contribution in [0.1, 0.15) is 13.8 Å². The van der Waals surface area contributed by atoms with Gasteiger partial charge in [-0.25, -0.2) is 14.5 Å². The van der Waals surface area contributed by atoms with Crippen LogP contribution in [0.15, 0.2) is 29.0 Å². The van der Waals surface area contributed by atoms with Gasteiger partial charge in [-0.3, -0.25) is 0 Å². The first kappa shape index (κ1) is 12.9. The summed E-state index contributed by atoms with van der Waals surface area (Å²) in [6.07, 6.45) is 4.62. The topological polar surface area (TPSA) is 71.3 Å². The van der Waals surface area contributed by atoms with Crippen molar-refractivity contribution >= 4 is 23.6 Å². The van der Waals surface area contributed by atoms with E-state index in [1.807, 2.05) is 37.0 Å². The van der Waals surface area contributed by atoms with E-state index in [1.54, 1.807) is 0 Å². The van der Waals surface area contributed by atoms with Crippen molar-refractivity contribution in [3.8, 4) is 0 Å². The number of hydrogen-bond donors (Lipinski definition) is 1. The number of carbonyl (C=O) groups is 1. The zero-order valence-corrected chi connectivity index (χ0v) is 11.3. The van der Waals surface area contributed by atoms with Crippen molar-refractivity contribution < 1.29 is 9.53 Å². The number of fused-ring (bicyclic) bond motifs is 1. The summed E-state index contributed by atoms with van der Waals surface area (Å²) in [6.45, 7) is 3.92. The number of methoxy groups -OCH3 is 1. The SMILES string of the molecule is COC(=O)C=CN=C1NC2=[N+]=C(C)C=C(C)N2N1C. The Morgan fingerprint density at radius 3 is 2.95 bits per heavy atom. The summed E-state index contributed by atoms with van der Waals surface area (Å²) < 4.78 is 8.88. The third kappa shape index (κ3) is 2.51. The molecule has 0 aromatic carbocycles. The van der Waals surface area contributed by atoms with Crippen LogP contribution in [-0.2, 0) is 9.53 Å². The fourth-order valence-electron chi connectivity index (χ4n) is 1.86. The van der Waals surface area contributed by atoms with E-state index >= 15 is 0 Å². The number of allylic oxidation sites excluding steroid dienone is 2. The predicted octanol–water partition coefficient (Wildman–Crippen LogP) is -0.417. The average Bonchev–Trinajstić information content (AvgIpc) is 2.66. The molecule has 7 nitrogen and oxygen atoms in total. The molecule has 0 radical (unpaired) electrons. The van der Waals surface area contributed by atoms with Crippen LogP contribution in [0.3, 0.4) is 0 Å². The molecule has 0 aliphatic carbocycles. The maximum atomic E-state index is 11.0. The number of esters is 1. The van der Waals surface area contributed by atoms with Crippen LogP contribution in [-0.4, -0.2) is 47.8 Å². The molecular weight excluding hydrogens is 246 g/mol. The van der Waals surface area contributed by atoms with E-state index < -0.39 is 5.97 Å². The van der Waals surface area contributed by atoms with Gasteiger partial charge in [-0.2, -0.15) is 10.3 Å². The molecule has 0 spiro atoms. The summed E-state index contributed by atoms with van der Waals surface area (Å²) in [6, 6.07) is 0. The van der Waals surface area contributed by atoms with Gasteiger partial charge >= 0.3 is 11.9 Å². The van der Waals surface area contributed by atoms with E-state index in [0.29, 0.717) is 11.9 Å². The molecule has 0 aromatic heterocycles. The molecule has 2 aliphatic heterocycles. The molecule has 1 fully saturated rings. The van der Waals surface area contributed by atoms with Crippen molar-refractivity contribution in [3.05, 3.63) is 24.0 Å². The summed E-state index contributed by atoms with van der Waals surface area (Å²) in [7, 11) is 3.18. The van der Waals surface area contributed by atoms with Gasteiger partial charge in [0.25, 0.3) is 5.96 Å². The second-order valence-corrected chi connectivity index (χ2v) is 4.11. The Hall–Kier alpha value is -2.53. The minimum atomic E-state index is -0.444. The van der Waals surface area contributed by atoms with Crippen molar-refractivity contribution in [2.75, 3.05) is 14.2 Å². The highest BCUT2D eigenvalue weighted by Gasteiger charge is 2.41. The van der Waals surface area contributed by atoms with E-state index in [9.17, 15) is 4.79 Å². The smallest absolute Gasteiger partial charge is 0.466 e. The van der Waals surface area contributed by atoms with E-state index in [2.05, 4.69) is 19.7 Å². The number of nitrogens with one attached hydrogen (secondary N) is 1. The first-order chi connectivity index (χ1) is 9.02. The van der Waals surface area contributed by atoms with Crippen molar-refractivity contribution in [1.82, 2.24) is 20.0 Å². The standard InChI is InChI=1S/C12H15N5O2/c1-8-7-9(2)17-12(14-8)15-11(16(17)3)13-6-5-10(18)19-4/h5-7H,1-4H3/p+1. The maximum absolute atomic E-state index is 11.0. The van der Waals surface area contributed by atoms with Crippen molar-refractivity contribution in [2.24, 2.45) is 4.99 Å². The largest absolute Gasteiger partial charge is 0.476 e. The Morgan fingerprint density at radius 2 is 2.26 bits per heavy atom. The minimum Gasteiger partial charge on any atom is -0.466 e. The fraction of sp³-hybridized carbons (Fsp3) is 0.333. The minimum absolute atomic E-state index is 0.444. The third-order valence-electron chi connectivity index (χ3n) is 2.67. The number of aliphatic imine (C=N–C) groups is 1. The second kappa shape index (κ2) is 4.99. The van der Waals surface area contributed by atoms with E-state index in [-0.39, 0.29) is 0 Å². The number of rotatable bonds is 2. The monoisotopic (exact) mass is 262 g/mol. The zero-order valence-electron chi connectivity index (χ0n) is 11.3. The fourth-order valence-corrected chi connectivity index (χ4v) is 1.86. The van der Waals surface area contributed by atoms with Gasteiger partial charge in [0.2, 0.25) is 0 Å². The van der Waals surface area contributed by atoms with E-state index in [1.165, 1.54) is 19.4 Å². The van der Waals surface area contributed by atoms with Crippen molar-refractivity contribution in [3.63, 3.8) is 0 Å². The Balaban J connectivity index is 2.23. The van der Waals surface area contributed by atoms with E-state index in [0.717, 1.165) is 11.4 Å². The molecule has 0 atom stereocenters. The van der Waals surface area contributed by atoms with Gasteiger partial charge in [-0.15, -0.1) is 5.01 Å². The quantitative estimate of drug-likeness (QED) is 0.416. The third-order valence-corrected chi connectivity index (χ3v) is 2.67. The van der Waals surface area contributed by atoms with Crippen LogP contribution < -0.4 is 9.98 Å². The number of hydrogen-bond acceptors (Lipinski definition) is 4. The van der Waals surface area contributed by atoms with Crippen LogP contribution >= 0.6 is 0 Å². The number of carbonyl (C=O) groups excluding carboxylic acids is 1. The molecule has 0 unspecified atom stereocenters. The Kier molecular flexibility index (Phi) is 3.39. The first-order valence-electron chi connectivity index (χ1n) is 5.76. The van der Waals surface area contributed by atoms with Gasteiger partial charge in [0, 0.05) is 32.3 Å². The van der Waals surface area contributed by atoms with Gasteiger partial charge in [-0.1, -0.05) is 0 Å². The molecule has 2 rings (SSSR count). The number of hydrazine groups is 1. The van der Waals surface area contributed by atoms with Gasteiger partial charge in [-0.05, 0) is 6.92 Å². The van der Waals surface area contributed by atoms with Crippen LogP contribution in [0.4, 0.5) is 0 Å². The van der Waals surface area contributed by atoms with Gasteiger partial charge in [0.15, 0.2) is 5.71 Å². The van der Waals surface area contributed by atoms with Gasteiger partial charge < -0.3 is 4.74 Å². The highest BCUT2D eigenvalue weighted by atomic mass is 16.5. The molecule has 7 heteroatoms. The summed E-state index contributed by atoms with van der Waals surface area (Å²) in [5, 5.41) is 6.80. The van der Waals surface area contributed by atoms with Gasteiger partial charge in [0.1, 0.15) is 5.70 Å². The Morgan fingerprint density at radius 1 is 1.53 bits per heavy atom. The van der Waals surface area contributed by atoms with Crippen LogP contribution in [0.2, 0.25) is 0 Å². The lowest BCUT2D eigenvalue weighted by atomic mass is 10.3. The van der Waals surface area contributed by atoms with E-state index in [4.69, 9.17) is 0 Å². The Labute approximate surface area is 111 Å². The van der Waals surface area contributed by atoms with Crippen LogP contribution in [0.25, 0.3) is 0 Å². The molecule has 19 heavy (non-hydrogen) atoms. The summed E-state index contributed by atoms with van der Waals surface area (Å²) in [4.78, 5) is 15.1. The molecule has 0 amide bonds. The lowest BCUT2D eigenvalue weighted by Gasteiger charge is -2.18. The molecule has 2 aliphatic rings. The predicted molar refractivity (Wildman–Crippen MR) is 72.9 cm³/mol. The molecular formula is C12H16N5O2+. The Bertz CT molecular complexity index is 567. The summed E-state index contributed by atoms with van der Waals surface area (Å²) in [5.41, 5.74) is 1.97. The molecule has 1 N–H and O–H groups in total. The molecule has 2 heterocycles. The molecule has 0 bridgehead atoms. The highest BCUT2D eigenvalue weighted by molar-refractivity contribution is 6.09. The first-order valence-corrected chi connectivity index (χ1v) is 5.76. The lowest BCUT2D eigenvalue weighted by molar-refractivity contribution is -0.134. The number of guanidine groups is 2. The van der Waals surface area contributed by atoms with Gasteiger partial charge in [0.05, 0.1) is 7.11 Å². The number of ether oxygens (including phenoxy) is 1.